The van der Waals surface area contributed by atoms with Crippen LogP contribution in [0.3, 0.4) is 0 Å². The van der Waals surface area contributed by atoms with Crippen LogP contribution in [0.4, 0.5) is 11.5 Å². The summed E-state index contributed by atoms with van der Waals surface area (Å²) in [5.74, 6) is 1.15. The molecule has 0 saturated carbocycles. The summed E-state index contributed by atoms with van der Waals surface area (Å²) in [4.78, 5) is 6.61. The first kappa shape index (κ1) is 16.5. The van der Waals surface area contributed by atoms with E-state index in [-0.39, 0.29) is 0 Å². The number of piperidine rings is 1. The van der Waals surface area contributed by atoms with E-state index in [1.54, 1.807) is 0 Å². The van der Waals surface area contributed by atoms with E-state index in [1.807, 2.05) is 19.2 Å². The Morgan fingerprint density at radius 2 is 2.24 bits per heavy atom. The summed E-state index contributed by atoms with van der Waals surface area (Å²) < 4.78 is 25.8. The Morgan fingerprint density at radius 1 is 1.48 bits per heavy atom. The first-order valence-electron chi connectivity index (χ1n) is 6.92. The number of nitrogens with one attached hydrogen (secondary N) is 2. The molecule has 1 unspecified atom stereocenters. The van der Waals surface area contributed by atoms with Crippen molar-refractivity contribution in [3.63, 3.8) is 0 Å². The number of anilines is 2. The predicted octanol–water partition coefficient (Wildman–Crippen LogP) is 1.65. The molecule has 1 aromatic rings. The van der Waals surface area contributed by atoms with E-state index in [1.165, 1.54) is 6.26 Å². The van der Waals surface area contributed by atoms with Gasteiger partial charge < -0.3 is 10.2 Å². The third-order valence-corrected chi connectivity index (χ3v) is 4.65. The number of pyridine rings is 1. The van der Waals surface area contributed by atoms with Crippen LogP contribution in [0.25, 0.3) is 0 Å². The van der Waals surface area contributed by atoms with Gasteiger partial charge >= 0.3 is 0 Å². The average Bonchev–Trinajstić information content (AvgIpc) is 2.44. The zero-order chi connectivity index (χ0) is 15.5. The van der Waals surface area contributed by atoms with Crippen molar-refractivity contribution >= 4 is 37.5 Å². The minimum atomic E-state index is -3.12. The van der Waals surface area contributed by atoms with Crippen LogP contribution in [-0.4, -0.2) is 46.3 Å². The SMILES string of the molecule is CNc1cc(N2CCCC(CNS(C)(=O)=O)C2)cc(Br)n1. The molecule has 1 atom stereocenters. The van der Waals surface area contributed by atoms with E-state index in [4.69, 9.17) is 0 Å². The van der Waals surface area contributed by atoms with Gasteiger partial charge in [0.25, 0.3) is 0 Å². The molecule has 2 N–H and O–H groups in total. The van der Waals surface area contributed by atoms with Crippen LogP contribution in [0.5, 0.6) is 0 Å². The van der Waals surface area contributed by atoms with Gasteiger partial charge in [0.05, 0.1) is 6.26 Å². The zero-order valence-electron chi connectivity index (χ0n) is 12.3. The summed E-state index contributed by atoms with van der Waals surface area (Å²) in [6.07, 6.45) is 3.31. The highest BCUT2D eigenvalue weighted by molar-refractivity contribution is 9.10. The number of sulfonamides is 1. The second-order valence-electron chi connectivity index (χ2n) is 5.36. The van der Waals surface area contributed by atoms with Crippen molar-refractivity contribution in [1.29, 1.82) is 0 Å². The van der Waals surface area contributed by atoms with Crippen molar-refractivity contribution in [3.8, 4) is 0 Å². The van der Waals surface area contributed by atoms with Crippen LogP contribution in [0.15, 0.2) is 16.7 Å². The maximum absolute atomic E-state index is 11.2. The summed E-state index contributed by atoms with van der Waals surface area (Å²) in [6, 6.07) is 4.00. The maximum atomic E-state index is 11.2. The number of hydrogen-bond acceptors (Lipinski definition) is 5. The molecule has 1 saturated heterocycles. The van der Waals surface area contributed by atoms with Crippen LogP contribution < -0.4 is 14.9 Å². The fraction of sp³-hybridized carbons (Fsp3) is 0.615. The van der Waals surface area contributed by atoms with Gasteiger partial charge in [-0.25, -0.2) is 18.1 Å². The highest BCUT2D eigenvalue weighted by Crippen LogP contribution is 2.27. The summed E-state index contributed by atoms with van der Waals surface area (Å²) in [5, 5.41) is 3.04. The molecule has 1 aromatic heterocycles. The molecular weight excluding hydrogens is 356 g/mol. The minimum Gasteiger partial charge on any atom is -0.373 e. The van der Waals surface area contributed by atoms with Crippen molar-refractivity contribution in [2.24, 2.45) is 5.92 Å². The Kier molecular flexibility index (Phi) is 5.45. The molecule has 0 bridgehead atoms. The molecule has 21 heavy (non-hydrogen) atoms. The largest absolute Gasteiger partial charge is 0.373 e. The van der Waals surface area contributed by atoms with E-state index >= 15 is 0 Å². The molecule has 1 aliphatic rings. The number of nitrogens with zero attached hydrogens (tertiary/aromatic N) is 2. The van der Waals surface area contributed by atoms with Gasteiger partial charge in [-0.3, -0.25) is 0 Å². The van der Waals surface area contributed by atoms with Gasteiger partial charge in [0, 0.05) is 38.4 Å². The molecule has 0 aromatic carbocycles. The van der Waals surface area contributed by atoms with Crippen molar-refractivity contribution < 1.29 is 8.42 Å². The van der Waals surface area contributed by atoms with Crippen molar-refractivity contribution in [2.45, 2.75) is 12.8 Å². The van der Waals surface area contributed by atoms with Crippen molar-refractivity contribution in [2.75, 3.05) is 43.2 Å². The van der Waals surface area contributed by atoms with E-state index in [9.17, 15) is 8.42 Å². The minimum absolute atomic E-state index is 0.332. The van der Waals surface area contributed by atoms with Crippen molar-refractivity contribution in [3.05, 3.63) is 16.7 Å². The van der Waals surface area contributed by atoms with Gasteiger partial charge in [0.2, 0.25) is 10.0 Å². The van der Waals surface area contributed by atoms with Crippen LogP contribution in [0, 0.1) is 5.92 Å². The Hall–Kier alpha value is -0.860. The van der Waals surface area contributed by atoms with E-state index < -0.39 is 10.0 Å². The van der Waals surface area contributed by atoms with Gasteiger partial charge in [-0.15, -0.1) is 0 Å². The number of hydrogen-bond donors (Lipinski definition) is 2. The van der Waals surface area contributed by atoms with Gasteiger partial charge in [0.15, 0.2) is 0 Å². The van der Waals surface area contributed by atoms with E-state index in [0.717, 1.165) is 42.0 Å². The molecule has 0 aliphatic carbocycles. The lowest BCUT2D eigenvalue weighted by molar-refractivity contribution is 0.411. The maximum Gasteiger partial charge on any atom is 0.208 e. The topological polar surface area (TPSA) is 74.3 Å². The first-order chi connectivity index (χ1) is 9.87. The van der Waals surface area contributed by atoms with E-state index in [2.05, 4.69) is 35.9 Å². The highest BCUT2D eigenvalue weighted by Gasteiger charge is 2.21. The third kappa shape index (κ3) is 5.12. The zero-order valence-corrected chi connectivity index (χ0v) is 14.7. The Bertz CT molecular complexity index is 594. The quantitative estimate of drug-likeness (QED) is 0.764. The lowest BCUT2D eigenvalue weighted by Crippen LogP contribution is -2.40. The fourth-order valence-corrected chi connectivity index (χ4v) is 3.49. The molecule has 2 rings (SSSR count). The van der Waals surface area contributed by atoms with Crippen molar-refractivity contribution in [1.82, 2.24) is 9.71 Å². The molecule has 0 amide bonds. The molecule has 6 nitrogen and oxygen atoms in total. The Labute approximate surface area is 134 Å². The van der Waals surface area contributed by atoms with Gasteiger partial charge in [0.1, 0.15) is 10.4 Å². The summed E-state index contributed by atoms with van der Waals surface area (Å²) in [6.45, 7) is 2.33. The molecule has 2 heterocycles. The smallest absolute Gasteiger partial charge is 0.208 e. The molecule has 1 fully saturated rings. The number of aromatic nitrogens is 1. The lowest BCUT2D eigenvalue weighted by atomic mass is 9.98. The molecule has 0 spiro atoms. The monoisotopic (exact) mass is 376 g/mol. The predicted molar refractivity (Wildman–Crippen MR) is 89.3 cm³/mol. The summed E-state index contributed by atoms with van der Waals surface area (Å²) in [5.41, 5.74) is 1.10. The summed E-state index contributed by atoms with van der Waals surface area (Å²) in [7, 11) is -1.28. The molecule has 8 heteroatoms. The van der Waals surface area contributed by atoms with E-state index in [0.29, 0.717) is 12.5 Å². The van der Waals surface area contributed by atoms with Crippen LogP contribution in [0.2, 0.25) is 0 Å². The van der Waals surface area contributed by atoms with Crippen LogP contribution >= 0.6 is 15.9 Å². The van der Waals surface area contributed by atoms with Gasteiger partial charge in [-0.05, 0) is 40.8 Å². The lowest BCUT2D eigenvalue weighted by Gasteiger charge is -2.34. The highest BCUT2D eigenvalue weighted by atomic mass is 79.9. The summed E-state index contributed by atoms with van der Waals surface area (Å²) >= 11 is 3.42. The van der Waals surface area contributed by atoms with Gasteiger partial charge in [-0.1, -0.05) is 0 Å². The second-order valence-corrected chi connectivity index (χ2v) is 8.00. The number of rotatable bonds is 5. The molecule has 118 valence electrons. The van der Waals surface area contributed by atoms with Gasteiger partial charge in [-0.2, -0.15) is 0 Å². The molecule has 0 radical (unpaired) electrons. The standard InChI is InChI=1S/C13H21BrN4O2S/c1-15-13-7-11(6-12(14)17-13)18-5-3-4-10(9-18)8-16-21(2,19)20/h6-7,10,16H,3-5,8-9H2,1-2H3,(H,15,17). The first-order valence-corrected chi connectivity index (χ1v) is 9.61. The second kappa shape index (κ2) is 6.93. The Morgan fingerprint density at radius 3 is 2.90 bits per heavy atom. The average molecular weight is 377 g/mol. The normalized spacial score (nSPS) is 19.6. The Balaban J connectivity index is 2.05. The van der Waals surface area contributed by atoms with Crippen LogP contribution in [0.1, 0.15) is 12.8 Å². The third-order valence-electron chi connectivity index (χ3n) is 3.55. The number of halogens is 1. The molecular formula is C13H21BrN4O2S. The van der Waals surface area contributed by atoms with Crippen LogP contribution in [-0.2, 0) is 10.0 Å². The molecule has 1 aliphatic heterocycles. The fourth-order valence-electron chi connectivity index (χ4n) is 2.53.